The van der Waals surface area contributed by atoms with Gasteiger partial charge in [0.1, 0.15) is 5.82 Å². The zero-order valence-corrected chi connectivity index (χ0v) is 29.2. The van der Waals surface area contributed by atoms with E-state index < -0.39 is 63.7 Å². The number of hydrogen-bond donors (Lipinski definition) is 3. The van der Waals surface area contributed by atoms with E-state index in [0.717, 1.165) is 5.69 Å². The van der Waals surface area contributed by atoms with Crippen molar-refractivity contribution in [2.45, 2.75) is 108 Å². The van der Waals surface area contributed by atoms with Gasteiger partial charge in [0.15, 0.2) is 17.4 Å². The number of carbonyl (C=O) groups is 3. The molecule has 0 saturated carbocycles. The summed E-state index contributed by atoms with van der Waals surface area (Å²) < 4.78 is 18.4. The molecule has 4 atom stereocenters. The number of carboxylic acid groups (broad SMARTS) is 2. The third-order valence-electron chi connectivity index (χ3n) is 9.21. The van der Waals surface area contributed by atoms with Gasteiger partial charge in [0.25, 0.3) is 0 Å². The number of likely N-dealkylation sites (tertiary alicyclic amines) is 1. The van der Waals surface area contributed by atoms with Gasteiger partial charge < -0.3 is 20.4 Å². The maximum atomic E-state index is 16.5. The number of Topliss-reactive ketones (excluding diaryl/α,β-unsaturated/α-hetero) is 1. The van der Waals surface area contributed by atoms with Crippen molar-refractivity contribution in [2.75, 3.05) is 11.9 Å². The number of aryl methyl sites for hydroxylation is 1. The molecule has 0 bridgehead atoms. The number of rotatable bonds is 7. The molecule has 45 heavy (non-hydrogen) atoms. The van der Waals surface area contributed by atoms with Gasteiger partial charge in [-0.3, -0.25) is 14.3 Å². The number of halogens is 1. The highest BCUT2D eigenvalue weighted by molar-refractivity contribution is 5.98. The lowest BCUT2D eigenvalue weighted by Crippen LogP contribution is -2.68. The highest BCUT2D eigenvalue weighted by Gasteiger charge is 2.64. The molecular weight excluding hydrogens is 577 g/mol. The molecule has 1 aliphatic heterocycles. The van der Waals surface area contributed by atoms with Gasteiger partial charge in [-0.15, -0.1) is 0 Å². The van der Waals surface area contributed by atoms with Gasteiger partial charge in [-0.1, -0.05) is 55.4 Å². The van der Waals surface area contributed by atoms with E-state index in [-0.39, 0.29) is 35.6 Å². The fraction of sp³-hybridized carbons (Fsp3) is 0.676. The number of aliphatic carboxylic acids is 1. The monoisotopic (exact) mass is 629 g/mol. The van der Waals surface area contributed by atoms with E-state index in [4.69, 9.17) is 0 Å². The van der Waals surface area contributed by atoms with Crippen LogP contribution in [-0.4, -0.2) is 60.3 Å². The van der Waals surface area contributed by atoms with Crippen LogP contribution in [0.4, 0.5) is 20.8 Å². The first-order valence-electron chi connectivity index (χ1n) is 15.6. The summed E-state index contributed by atoms with van der Waals surface area (Å²) in [6.07, 6.45) is -1.46. The zero-order chi connectivity index (χ0) is 34.6. The van der Waals surface area contributed by atoms with E-state index >= 15 is 4.39 Å². The van der Waals surface area contributed by atoms with Crippen LogP contribution in [0.5, 0.6) is 0 Å². The second-order valence-electron chi connectivity index (χ2n) is 16.2. The molecule has 2 unspecified atom stereocenters. The number of amides is 1. The van der Waals surface area contributed by atoms with Gasteiger partial charge in [0.05, 0.1) is 22.2 Å². The number of anilines is 2. The summed E-state index contributed by atoms with van der Waals surface area (Å²) in [7, 11) is 0. The van der Waals surface area contributed by atoms with Crippen LogP contribution in [0.1, 0.15) is 105 Å². The topological polar surface area (TPSA) is 138 Å². The molecule has 2 aromatic heterocycles. The molecule has 1 aliphatic rings. The minimum absolute atomic E-state index is 0.0419. The first kappa shape index (κ1) is 36.0. The van der Waals surface area contributed by atoms with Crippen LogP contribution in [-0.2, 0) is 16.8 Å². The second-order valence-corrected chi connectivity index (χ2v) is 16.2. The fourth-order valence-electron chi connectivity index (χ4n) is 7.62. The molecule has 0 aliphatic carbocycles. The number of pyridine rings is 1. The first-order chi connectivity index (χ1) is 20.3. The van der Waals surface area contributed by atoms with Crippen molar-refractivity contribution in [2.24, 2.45) is 34.0 Å². The standard InChI is InChI=1S/C34H52FN5O5/c1-18(2)27(41)21-15-24(37-25-14-19(3)40(38-25)33(11,12)13)36-22(26(21)35)16-34(29(42)43)23(31(5,6)7)17-39(30(44)45)20(4)28(34)32(8,9)10/h14-15,18,20,23,28H,16-17H2,1-13H3,(H,42,43)(H,44,45)(H,36,37,38)/t20-,23?,28?,34-/m1/s1. The van der Waals surface area contributed by atoms with Crippen molar-refractivity contribution < 1.29 is 29.0 Å². The summed E-state index contributed by atoms with van der Waals surface area (Å²) >= 11 is 0. The van der Waals surface area contributed by atoms with Crippen LogP contribution < -0.4 is 5.32 Å². The number of nitrogens with zero attached hydrogens (tertiary/aromatic N) is 4. The third-order valence-corrected chi connectivity index (χ3v) is 9.21. The summed E-state index contributed by atoms with van der Waals surface area (Å²) in [5.74, 6) is -3.79. The van der Waals surface area contributed by atoms with E-state index in [1.54, 1.807) is 20.8 Å². The van der Waals surface area contributed by atoms with Crippen molar-refractivity contribution in [3.05, 3.63) is 34.9 Å². The Morgan fingerprint density at radius 3 is 2.02 bits per heavy atom. The molecule has 0 radical (unpaired) electrons. The van der Waals surface area contributed by atoms with Gasteiger partial charge in [0.2, 0.25) is 0 Å². The summed E-state index contributed by atoms with van der Waals surface area (Å²) in [6, 6.07) is 2.49. The van der Waals surface area contributed by atoms with Crippen molar-refractivity contribution >= 4 is 29.5 Å². The number of piperidine rings is 1. The predicted octanol–water partition coefficient (Wildman–Crippen LogP) is 7.38. The van der Waals surface area contributed by atoms with Crippen LogP contribution in [0.3, 0.4) is 0 Å². The molecule has 1 fully saturated rings. The van der Waals surface area contributed by atoms with Crippen molar-refractivity contribution in [1.82, 2.24) is 19.7 Å². The molecule has 3 N–H and O–H groups in total. The van der Waals surface area contributed by atoms with Gasteiger partial charge in [-0.25, -0.2) is 14.2 Å². The maximum absolute atomic E-state index is 16.5. The Labute approximate surface area is 266 Å². The predicted molar refractivity (Wildman–Crippen MR) is 172 cm³/mol. The van der Waals surface area contributed by atoms with Gasteiger partial charge in [-0.05, 0) is 57.4 Å². The average Bonchev–Trinajstić information content (AvgIpc) is 3.23. The summed E-state index contributed by atoms with van der Waals surface area (Å²) in [5.41, 5.74) is -2.76. The van der Waals surface area contributed by atoms with Crippen LogP contribution in [0.2, 0.25) is 0 Å². The molecular formula is C34H52FN5O5. The van der Waals surface area contributed by atoms with E-state index in [9.17, 15) is 24.6 Å². The number of carboxylic acids is 1. The quantitative estimate of drug-likeness (QED) is 0.270. The Hall–Kier alpha value is -3.50. The largest absolute Gasteiger partial charge is 0.481 e. The smallest absolute Gasteiger partial charge is 0.407 e. The number of carbonyl (C=O) groups excluding carboxylic acids is 1. The van der Waals surface area contributed by atoms with Crippen molar-refractivity contribution in [3.63, 3.8) is 0 Å². The van der Waals surface area contributed by atoms with E-state index in [1.807, 2.05) is 80.0 Å². The van der Waals surface area contributed by atoms with E-state index in [2.05, 4.69) is 15.4 Å². The highest BCUT2D eigenvalue weighted by atomic mass is 19.1. The Balaban J connectivity index is 2.34. The van der Waals surface area contributed by atoms with E-state index in [1.165, 1.54) is 11.0 Å². The summed E-state index contributed by atoms with van der Waals surface area (Å²) in [5, 5.41) is 29.2. The van der Waals surface area contributed by atoms with Gasteiger partial charge in [0, 0.05) is 42.6 Å². The SMILES string of the molecule is Cc1cc(Nc2cc(C(=O)C(C)C)c(F)c(C[C@@]3(C(=O)O)C(C(C)(C)C)CN(C(=O)O)[C@H](C)C3C(C)(C)C)n2)nn1C(C)(C)C. The number of aromatic nitrogens is 3. The normalized spacial score (nSPS) is 22.9. The molecule has 2 aromatic rings. The van der Waals surface area contributed by atoms with Gasteiger partial charge >= 0.3 is 12.1 Å². The Morgan fingerprint density at radius 2 is 1.60 bits per heavy atom. The number of ketones is 1. The molecule has 250 valence electrons. The van der Waals surface area contributed by atoms with Crippen LogP contribution in [0.25, 0.3) is 0 Å². The lowest BCUT2D eigenvalue weighted by atomic mass is 9.48. The summed E-state index contributed by atoms with van der Waals surface area (Å²) in [4.78, 5) is 45.5. The Bertz CT molecular complexity index is 1460. The van der Waals surface area contributed by atoms with E-state index in [0.29, 0.717) is 5.82 Å². The molecule has 1 amide bonds. The van der Waals surface area contributed by atoms with Gasteiger partial charge in [-0.2, -0.15) is 5.10 Å². The average molecular weight is 630 g/mol. The molecule has 0 aromatic carbocycles. The van der Waals surface area contributed by atoms with Crippen LogP contribution in [0.15, 0.2) is 12.1 Å². The Morgan fingerprint density at radius 1 is 1.02 bits per heavy atom. The lowest BCUT2D eigenvalue weighted by Gasteiger charge is -2.60. The number of nitrogens with one attached hydrogen (secondary N) is 1. The minimum atomic E-state index is -1.63. The highest BCUT2D eigenvalue weighted by Crippen LogP contribution is 2.58. The number of hydrogen-bond acceptors (Lipinski definition) is 6. The molecule has 11 heteroatoms. The minimum Gasteiger partial charge on any atom is -0.481 e. The van der Waals surface area contributed by atoms with Crippen molar-refractivity contribution in [3.8, 4) is 0 Å². The summed E-state index contributed by atoms with van der Waals surface area (Å²) in [6.45, 7) is 24.3. The third kappa shape index (κ3) is 6.87. The fourth-order valence-corrected chi connectivity index (χ4v) is 7.62. The molecule has 1 saturated heterocycles. The Kier molecular flexibility index (Phi) is 9.61. The first-order valence-corrected chi connectivity index (χ1v) is 15.6. The van der Waals surface area contributed by atoms with Crippen LogP contribution >= 0.6 is 0 Å². The maximum Gasteiger partial charge on any atom is 0.407 e. The van der Waals surface area contributed by atoms with Crippen LogP contribution in [0, 0.1) is 46.7 Å². The molecule has 10 nitrogen and oxygen atoms in total. The molecule has 3 heterocycles. The lowest BCUT2D eigenvalue weighted by molar-refractivity contribution is -0.184. The zero-order valence-electron chi connectivity index (χ0n) is 29.2. The second kappa shape index (κ2) is 12.0. The molecule has 3 rings (SSSR count). The van der Waals surface area contributed by atoms with Crippen molar-refractivity contribution in [1.29, 1.82) is 0 Å². The molecule has 0 spiro atoms.